The number of hydrogen-bond donors (Lipinski definition) is 1. The van der Waals surface area contributed by atoms with Crippen molar-refractivity contribution in [3.05, 3.63) is 0 Å². The lowest BCUT2D eigenvalue weighted by atomic mass is 10.1. The van der Waals surface area contributed by atoms with Crippen LogP contribution < -0.4 is 0 Å². The highest BCUT2D eigenvalue weighted by Crippen LogP contribution is 2.01. The fourth-order valence-electron chi connectivity index (χ4n) is 1.28. The van der Waals surface area contributed by atoms with Crippen LogP contribution in [-0.4, -0.2) is 24.4 Å². The topological polar surface area (TPSA) is 29.5 Å². The molecule has 0 aromatic heterocycles. The van der Waals surface area contributed by atoms with Gasteiger partial charge in [0.25, 0.3) is 0 Å². The molecule has 0 amide bonds. The molecule has 0 aromatic rings. The van der Waals surface area contributed by atoms with Crippen LogP contribution in [0.15, 0.2) is 0 Å². The molecule has 0 aliphatic heterocycles. The van der Waals surface area contributed by atoms with Crippen LogP contribution >= 0.6 is 0 Å². The van der Waals surface area contributed by atoms with Crippen molar-refractivity contribution < 1.29 is 9.84 Å². The molecule has 0 fully saturated rings. The molecule has 0 aliphatic carbocycles. The van der Waals surface area contributed by atoms with Gasteiger partial charge in [-0.3, -0.25) is 0 Å². The van der Waals surface area contributed by atoms with E-state index < -0.39 is 0 Å². The zero-order valence-electron chi connectivity index (χ0n) is 12.5. The van der Waals surface area contributed by atoms with E-state index in [-0.39, 0.29) is 6.10 Å². The molecule has 0 saturated heterocycles. The van der Waals surface area contributed by atoms with E-state index in [9.17, 15) is 0 Å². The summed E-state index contributed by atoms with van der Waals surface area (Å²) in [6.07, 6.45) is 9.45. The Labute approximate surface area is 109 Å². The minimum absolute atomic E-state index is 0.0958. The standard InChI is InChI=1S/C8H18O.C7H16O/c1-3-5-7-9-8-6-4-2;1-3-4-5-6-7(2)8/h3-8H2,1-2H3;7-8H,3-6H2,1-2H3. The summed E-state index contributed by atoms with van der Waals surface area (Å²) in [6, 6.07) is 0. The Morgan fingerprint density at radius 1 is 0.824 bits per heavy atom. The van der Waals surface area contributed by atoms with Gasteiger partial charge < -0.3 is 9.84 Å². The van der Waals surface area contributed by atoms with E-state index in [1.807, 2.05) is 6.92 Å². The molecule has 0 spiro atoms. The smallest absolute Gasteiger partial charge is 0.0512 e. The monoisotopic (exact) mass is 246 g/mol. The Kier molecular flexibility index (Phi) is 20.7. The van der Waals surface area contributed by atoms with Crippen LogP contribution in [0.5, 0.6) is 0 Å². The van der Waals surface area contributed by atoms with Crippen molar-refractivity contribution in [3.63, 3.8) is 0 Å². The van der Waals surface area contributed by atoms with Gasteiger partial charge in [0.1, 0.15) is 0 Å². The van der Waals surface area contributed by atoms with Gasteiger partial charge in [0.05, 0.1) is 6.10 Å². The molecule has 2 heteroatoms. The van der Waals surface area contributed by atoms with Crippen molar-refractivity contribution in [2.75, 3.05) is 13.2 Å². The molecule has 17 heavy (non-hydrogen) atoms. The Hall–Kier alpha value is -0.0800. The summed E-state index contributed by atoms with van der Waals surface area (Å²) >= 11 is 0. The van der Waals surface area contributed by atoms with Crippen LogP contribution in [0.4, 0.5) is 0 Å². The van der Waals surface area contributed by atoms with E-state index >= 15 is 0 Å². The maximum absolute atomic E-state index is 8.78. The van der Waals surface area contributed by atoms with Crippen LogP contribution in [0.2, 0.25) is 0 Å². The van der Waals surface area contributed by atoms with E-state index in [2.05, 4.69) is 20.8 Å². The molecule has 0 radical (unpaired) electrons. The molecule has 0 rings (SSSR count). The van der Waals surface area contributed by atoms with E-state index in [4.69, 9.17) is 9.84 Å². The summed E-state index contributed by atoms with van der Waals surface area (Å²) in [5.74, 6) is 0. The van der Waals surface area contributed by atoms with Gasteiger partial charge in [-0.05, 0) is 26.2 Å². The first-order chi connectivity index (χ1) is 8.18. The van der Waals surface area contributed by atoms with E-state index in [0.717, 1.165) is 19.6 Å². The van der Waals surface area contributed by atoms with Crippen molar-refractivity contribution in [2.45, 2.75) is 85.2 Å². The third kappa shape index (κ3) is 25.9. The molecule has 1 N–H and O–H groups in total. The molecule has 0 bridgehead atoms. The van der Waals surface area contributed by atoms with E-state index in [1.54, 1.807) is 0 Å². The van der Waals surface area contributed by atoms with Crippen molar-refractivity contribution in [3.8, 4) is 0 Å². The van der Waals surface area contributed by atoms with Gasteiger partial charge in [0.2, 0.25) is 0 Å². The first-order valence-corrected chi connectivity index (χ1v) is 7.44. The van der Waals surface area contributed by atoms with Gasteiger partial charge in [-0.25, -0.2) is 0 Å². The van der Waals surface area contributed by atoms with Gasteiger partial charge in [-0.1, -0.05) is 52.9 Å². The summed E-state index contributed by atoms with van der Waals surface area (Å²) in [6.45, 7) is 10.3. The zero-order chi connectivity index (χ0) is 13.4. The molecule has 0 heterocycles. The predicted molar refractivity (Wildman–Crippen MR) is 76.5 cm³/mol. The molecule has 1 unspecified atom stereocenters. The largest absolute Gasteiger partial charge is 0.393 e. The van der Waals surface area contributed by atoms with E-state index in [1.165, 1.54) is 44.9 Å². The molecular formula is C15H34O2. The lowest BCUT2D eigenvalue weighted by Gasteiger charge is -2.00. The molecule has 0 aliphatic rings. The van der Waals surface area contributed by atoms with Crippen molar-refractivity contribution in [1.82, 2.24) is 0 Å². The SMILES string of the molecule is CCCCCC(C)O.CCCCOCCCC. The van der Waals surface area contributed by atoms with Crippen LogP contribution in [0, 0.1) is 0 Å². The minimum Gasteiger partial charge on any atom is -0.393 e. The maximum Gasteiger partial charge on any atom is 0.0512 e. The van der Waals surface area contributed by atoms with Gasteiger partial charge in [0.15, 0.2) is 0 Å². The second-order valence-electron chi connectivity index (χ2n) is 4.66. The number of unbranched alkanes of at least 4 members (excludes halogenated alkanes) is 4. The molecule has 2 nitrogen and oxygen atoms in total. The fourth-order valence-corrected chi connectivity index (χ4v) is 1.28. The Balaban J connectivity index is 0. The number of ether oxygens (including phenoxy) is 1. The predicted octanol–water partition coefficient (Wildman–Crippen LogP) is 4.55. The number of aliphatic hydroxyl groups is 1. The molecular weight excluding hydrogens is 212 g/mol. The highest BCUT2D eigenvalue weighted by atomic mass is 16.5. The van der Waals surface area contributed by atoms with Gasteiger partial charge in [-0.2, -0.15) is 0 Å². The molecule has 106 valence electrons. The summed E-state index contributed by atoms with van der Waals surface area (Å²) in [5.41, 5.74) is 0. The lowest BCUT2D eigenvalue weighted by Crippen LogP contribution is -1.97. The molecule has 0 saturated carbocycles. The van der Waals surface area contributed by atoms with Crippen molar-refractivity contribution in [1.29, 1.82) is 0 Å². The zero-order valence-corrected chi connectivity index (χ0v) is 12.5. The average Bonchev–Trinajstić information content (AvgIpc) is 2.30. The third-order valence-electron chi connectivity index (χ3n) is 2.51. The van der Waals surface area contributed by atoms with Crippen LogP contribution in [0.25, 0.3) is 0 Å². The summed E-state index contributed by atoms with van der Waals surface area (Å²) < 4.78 is 5.31. The van der Waals surface area contributed by atoms with Gasteiger partial charge in [0, 0.05) is 13.2 Å². The van der Waals surface area contributed by atoms with Gasteiger partial charge >= 0.3 is 0 Å². The van der Waals surface area contributed by atoms with Crippen LogP contribution in [0.1, 0.15) is 79.1 Å². The van der Waals surface area contributed by atoms with Crippen LogP contribution in [0.3, 0.4) is 0 Å². The fraction of sp³-hybridized carbons (Fsp3) is 1.00. The Morgan fingerprint density at radius 3 is 1.65 bits per heavy atom. The second-order valence-corrected chi connectivity index (χ2v) is 4.66. The normalized spacial score (nSPS) is 11.8. The average molecular weight is 246 g/mol. The second kappa shape index (κ2) is 18.3. The lowest BCUT2D eigenvalue weighted by molar-refractivity contribution is 0.128. The molecule has 0 aromatic carbocycles. The number of hydrogen-bond acceptors (Lipinski definition) is 2. The van der Waals surface area contributed by atoms with Crippen molar-refractivity contribution in [2.24, 2.45) is 0 Å². The summed E-state index contributed by atoms with van der Waals surface area (Å²) in [4.78, 5) is 0. The quantitative estimate of drug-likeness (QED) is 0.573. The number of rotatable bonds is 10. The Bertz CT molecular complexity index is 107. The third-order valence-corrected chi connectivity index (χ3v) is 2.51. The number of aliphatic hydroxyl groups excluding tert-OH is 1. The van der Waals surface area contributed by atoms with Crippen molar-refractivity contribution >= 4 is 0 Å². The minimum atomic E-state index is -0.0958. The summed E-state index contributed by atoms with van der Waals surface area (Å²) in [7, 11) is 0. The van der Waals surface area contributed by atoms with E-state index in [0.29, 0.717) is 0 Å². The summed E-state index contributed by atoms with van der Waals surface area (Å²) in [5, 5.41) is 8.78. The molecule has 1 atom stereocenters. The Morgan fingerprint density at radius 2 is 1.29 bits per heavy atom. The van der Waals surface area contributed by atoms with Crippen LogP contribution in [-0.2, 0) is 4.74 Å². The first kappa shape index (κ1) is 19.3. The van der Waals surface area contributed by atoms with Gasteiger partial charge in [-0.15, -0.1) is 0 Å². The first-order valence-electron chi connectivity index (χ1n) is 7.44. The maximum atomic E-state index is 8.78. The highest BCUT2D eigenvalue weighted by molar-refractivity contribution is 4.45. The highest BCUT2D eigenvalue weighted by Gasteiger charge is 1.92.